The molecule has 1 heterocycles. The first-order valence-electron chi connectivity index (χ1n) is 3.96. The Morgan fingerprint density at radius 2 is 1.90 bits per heavy atom. The molecule has 1 fully saturated rings. The van der Waals surface area contributed by atoms with Crippen molar-refractivity contribution in [1.29, 1.82) is 0 Å². The standard InChI is InChI=1S/C8H14NO/c1-8(7-10)9-5-3-2-4-6-9/h8H,2-6H2,1H3. The third kappa shape index (κ3) is 1.81. The van der Waals surface area contributed by atoms with Crippen LogP contribution in [0, 0.1) is 0 Å². The highest BCUT2D eigenvalue weighted by atomic mass is 16.1. The molecule has 0 saturated carbocycles. The Morgan fingerprint density at radius 3 is 2.40 bits per heavy atom. The Balaban J connectivity index is 2.30. The Morgan fingerprint density at radius 1 is 1.30 bits per heavy atom. The maximum Gasteiger partial charge on any atom is 0.216 e. The lowest BCUT2D eigenvalue weighted by atomic mass is 10.1. The summed E-state index contributed by atoms with van der Waals surface area (Å²) in [5.41, 5.74) is 0. The van der Waals surface area contributed by atoms with E-state index in [0.29, 0.717) is 0 Å². The van der Waals surface area contributed by atoms with E-state index in [1.54, 1.807) is 0 Å². The first-order valence-corrected chi connectivity index (χ1v) is 3.96. The van der Waals surface area contributed by atoms with Crippen LogP contribution in [0.3, 0.4) is 0 Å². The summed E-state index contributed by atoms with van der Waals surface area (Å²) in [6, 6.07) is 0.0142. The van der Waals surface area contributed by atoms with Crippen molar-refractivity contribution < 1.29 is 4.79 Å². The van der Waals surface area contributed by atoms with Gasteiger partial charge in [-0.15, -0.1) is 0 Å². The van der Waals surface area contributed by atoms with Crippen LogP contribution in [-0.4, -0.2) is 30.3 Å². The van der Waals surface area contributed by atoms with Crippen LogP contribution in [0.15, 0.2) is 0 Å². The molecule has 1 aliphatic rings. The summed E-state index contributed by atoms with van der Waals surface area (Å²) in [6.07, 6.45) is 5.82. The Kier molecular flexibility index (Phi) is 2.87. The van der Waals surface area contributed by atoms with Gasteiger partial charge in [-0.3, -0.25) is 9.69 Å². The topological polar surface area (TPSA) is 20.3 Å². The normalized spacial score (nSPS) is 24.1. The van der Waals surface area contributed by atoms with E-state index < -0.39 is 0 Å². The second-order valence-electron chi connectivity index (χ2n) is 2.89. The summed E-state index contributed by atoms with van der Waals surface area (Å²) in [4.78, 5) is 12.4. The molecule has 0 aromatic rings. The molecule has 2 heteroatoms. The average molecular weight is 140 g/mol. The Hall–Kier alpha value is -0.370. The van der Waals surface area contributed by atoms with Crippen LogP contribution in [0.4, 0.5) is 0 Å². The molecule has 0 aliphatic carbocycles. The number of carbonyl (C=O) groups excluding carboxylic acids is 1. The molecule has 1 atom stereocenters. The van der Waals surface area contributed by atoms with Crippen molar-refractivity contribution in [2.24, 2.45) is 0 Å². The summed E-state index contributed by atoms with van der Waals surface area (Å²) in [6.45, 7) is 4.07. The summed E-state index contributed by atoms with van der Waals surface area (Å²) < 4.78 is 0. The fourth-order valence-corrected chi connectivity index (χ4v) is 1.38. The van der Waals surface area contributed by atoms with Gasteiger partial charge < -0.3 is 0 Å². The van der Waals surface area contributed by atoms with E-state index >= 15 is 0 Å². The number of likely N-dealkylation sites (tertiary alicyclic amines) is 1. The number of piperidine rings is 1. The molecule has 10 heavy (non-hydrogen) atoms. The lowest BCUT2D eigenvalue weighted by molar-refractivity contribution is 0.208. The van der Waals surface area contributed by atoms with Crippen molar-refractivity contribution in [2.45, 2.75) is 32.2 Å². The number of rotatable bonds is 2. The molecular weight excluding hydrogens is 126 g/mol. The maximum atomic E-state index is 10.2. The zero-order valence-corrected chi connectivity index (χ0v) is 6.47. The SMILES string of the molecule is CC([C]=O)N1CCCCC1. The fourth-order valence-electron chi connectivity index (χ4n) is 1.38. The monoisotopic (exact) mass is 140 g/mol. The van der Waals surface area contributed by atoms with E-state index in [1.807, 2.05) is 13.2 Å². The van der Waals surface area contributed by atoms with Crippen LogP contribution in [0.1, 0.15) is 26.2 Å². The van der Waals surface area contributed by atoms with E-state index in [-0.39, 0.29) is 6.04 Å². The fraction of sp³-hybridized carbons (Fsp3) is 0.875. The smallest absolute Gasteiger partial charge is 0.216 e. The van der Waals surface area contributed by atoms with Crippen molar-refractivity contribution in [3.05, 3.63) is 0 Å². The third-order valence-electron chi connectivity index (χ3n) is 2.11. The van der Waals surface area contributed by atoms with E-state index in [1.165, 1.54) is 19.3 Å². The van der Waals surface area contributed by atoms with Crippen molar-refractivity contribution in [3.63, 3.8) is 0 Å². The predicted octanol–water partition coefficient (Wildman–Crippen LogP) is 0.971. The highest BCUT2D eigenvalue weighted by Gasteiger charge is 2.15. The number of hydrogen-bond donors (Lipinski definition) is 0. The molecule has 2 nitrogen and oxygen atoms in total. The third-order valence-corrected chi connectivity index (χ3v) is 2.11. The van der Waals surface area contributed by atoms with Crippen molar-refractivity contribution in [3.8, 4) is 0 Å². The molecule has 1 unspecified atom stereocenters. The van der Waals surface area contributed by atoms with Crippen LogP contribution in [0.5, 0.6) is 0 Å². The lowest BCUT2D eigenvalue weighted by Gasteiger charge is -2.28. The Labute approximate surface area is 62.2 Å². The van der Waals surface area contributed by atoms with E-state index in [9.17, 15) is 4.79 Å². The van der Waals surface area contributed by atoms with Gasteiger partial charge in [-0.25, -0.2) is 0 Å². The number of hydrogen-bond acceptors (Lipinski definition) is 2. The number of nitrogens with zero attached hydrogens (tertiary/aromatic N) is 1. The molecule has 1 radical (unpaired) electrons. The summed E-state index contributed by atoms with van der Waals surface area (Å²) in [5, 5.41) is 0. The first-order chi connectivity index (χ1) is 4.84. The molecule has 0 N–H and O–H groups in total. The van der Waals surface area contributed by atoms with Gasteiger partial charge in [-0.05, 0) is 32.9 Å². The lowest BCUT2D eigenvalue weighted by Crippen LogP contribution is -2.38. The second kappa shape index (κ2) is 3.71. The molecule has 1 rings (SSSR count). The van der Waals surface area contributed by atoms with Gasteiger partial charge in [0.1, 0.15) is 0 Å². The minimum Gasteiger partial charge on any atom is -0.293 e. The zero-order chi connectivity index (χ0) is 7.40. The van der Waals surface area contributed by atoms with Crippen molar-refractivity contribution >= 4 is 6.29 Å². The van der Waals surface area contributed by atoms with Crippen LogP contribution in [0.25, 0.3) is 0 Å². The molecule has 0 amide bonds. The van der Waals surface area contributed by atoms with Crippen LogP contribution in [-0.2, 0) is 4.79 Å². The van der Waals surface area contributed by atoms with Crippen LogP contribution >= 0.6 is 0 Å². The van der Waals surface area contributed by atoms with Crippen LogP contribution < -0.4 is 0 Å². The van der Waals surface area contributed by atoms with Gasteiger partial charge in [-0.2, -0.15) is 0 Å². The molecule has 0 aromatic heterocycles. The molecule has 0 spiro atoms. The predicted molar refractivity (Wildman–Crippen MR) is 40.6 cm³/mol. The molecule has 1 aliphatic heterocycles. The molecule has 1 saturated heterocycles. The Bertz CT molecular complexity index is 108. The summed E-state index contributed by atoms with van der Waals surface area (Å²) >= 11 is 0. The molecule has 0 bridgehead atoms. The average Bonchev–Trinajstić information content (AvgIpc) is 2.05. The minimum absolute atomic E-state index is 0.0142. The van der Waals surface area contributed by atoms with E-state index in [2.05, 4.69) is 4.90 Å². The second-order valence-corrected chi connectivity index (χ2v) is 2.89. The zero-order valence-electron chi connectivity index (χ0n) is 6.47. The molecule has 57 valence electrons. The summed E-state index contributed by atoms with van der Waals surface area (Å²) in [5.74, 6) is 0. The molecule has 0 aromatic carbocycles. The van der Waals surface area contributed by atoms with Gasteiger partial charge in [0, 0.05) is 0 Å². The van der Waals surface area contributed by atoms with Gasteiger partial charge in [0.25, 0.3) is 0 Å². The van der Waals surface area contributed by atoms with Crippen molar-refractivity contribution in [2.75, 3.05) is 13.1 Å². The minimum atomic E-state index is 0.0142. The largest absolute Gasteiger partial charge is 0.293 e. The highest BCUT2D eigenvalue weighted by molar-refractivity contribution is 5.57. The van der Waals surface area contributed by atoms with Gasteiger partial charge in [0.2, 0.25) is 6.29 Å². The van der Waals surface area contributed by atoms with Crippen LogP contribution in [0.2, 0.25) is 0 Å². The molecular formula is C8H14NO. The van der Waals surface area contributed by atoms with E-state index in [4.69, 9.17) is 0 Å². The van der Waals surface area contributed by atoms with Gasteiger partial charge in [0.05, 0.1) is 6.04 Å². The summed E-state index contributed by atoms with van der Waals surface area (Å²) in [7, 11) is 0. The maximum absolute atomic E-state index is 10.2. The van der Waals surface area contributed by atoms with E-state index in [0.717, 1.165) is 13.1 Å². The highest BCUT2D eigenvalue weighted by Crippen LogP contribution is 2.10. The van der Waals surface area contributed by atoms with Gasteiger partial charge in [0.15, 0.2) is 0 Å². The van der Waals surface area contributed by atoms with Gasteiger partial charge >= 0.3 is 0 Å². The first kappa shape index (κ1) is 7.73. The van der Waals surface area contributed by atoms with Gasteiger partial charge in [-0.1, -0.05) is 6.42 Å². The van der Waals surface area contributed by atoms with Crippen molar-refractivity contribution in [1.82, 2.24) is 4.90 Å². The quantitative estimate of drug-likeness (QED) is 0.569.